The highest BCUT2D eigenvalue weighted by atomic mass is 32.2. The summed E-state index contributed by atoms with van der Waals surface area (Å²) in [4.78, 5) is 24.8. The summed E-state index contributed by atoms with van der Waals surface area (Å²) in [6, 6.07) is 16.5. The van der Waals surface area contributed by atoms with E-state index in [0.29, 0.717) is 16.8 Å². The normalized spacial score (nSPS) is 11.1. The van der Waals surface area contributed by atoms with E-state index in [-0.39, 0.29) is 16.2 Å². The van der Waals surface area contributed by atoms with Gasteiger partial charge in [-0.15, -0.1) is 0 Å². The lowest BCUT2D eigenvalue weighted by atomic mass is 10.0. The minimum atomic E-state index is -3.92. The molecular formula is C25H25NO5S. The van der Waals surface area contributed by atoms with Crippen LogP contribution < -0.4 is 4.72 Å². The van der Waals surface area contributed by atoms with Crippen molar-refractivity contribution in [1.82, 2.24) is 0 Å². The Morgan fingerprint density at radius 3 is 2.06 bits per heavy atom. The van der Waals surface area contributed by atoms with Gasteiger partial charge in [0.1, 0.15) is 0 Å². The predicted octanol–water partition coefficient (Wildman–Crippen LogP) is 4.76. The van der Waals surface area contributed by atoms with Gasteiger partial charge in [0.15, 0.2) is 12.4 Å². The Kier molecular flexibility index (Phi) is 6.79. The van der Waals surface area contributed by atoms with Gasteiger partial charge in [0, 0.05) is 11.3 Å². The standard InChI is InChI=1S/C25H25NO5S/c1-16-5-11-22(12-6-16)26-32(29,30)24-14-21(10-8-18(24)3)25(28)31-15-23(27)20-9-7-17(2)19(4)13-20/h5-14,26H,15H2,1-4H3. The fraction of sp³-hybridized carbons (Fsp3) is 0.200. The zero-order valence-electron chi connectivity index (χ0n) is 18.4. The molecule has 3 aromatic rings. The number of hydrogen-bond donors (Lipinski definition) is 1. The molecule has 0 heterocycles. The van der Waals surface area contributed by atoms with Crippen molar-refractivity contribution in [1.29, 1.82) is 0 Å². The molecule has 0 atom stereocenters. The highest BCUT2D eigenvalue weighted by molar-refractivity contribution is 7.92. The number of esters is 1. The summed E-state index contributed by atoms with van der Waals surface area (Å²) in [6.45, 7) is 6.96. The van der Waals surface area contributed by atoms with Crippen LogP contribution in [0.3, 0.4) is 0 Å². The van der Waals surface area contributed by atoms with Crippen LogP contribution in [0.15, 0.2) is 65.6 Å². The molecule has 166 valence electrons. The van der Waals surface area contributed by atoms with Crippen LogP contribution in [0.2, 0.25) is 0 Å². The maximum absolute atomic E-state index is 12.9. The van der Waals surface area contributed by atoms with E-state index in [1.807, 2.05) is 26.8 Å². The highest BCUT2D eigenvalue weighted by Gasteiger charge is 2.20. The molecule has 0 aliphatic rings. The van der Waals surface area contributed by atoms with Crippen molar-refractivity contribution in [3.8, 4) is 0 Å². The van der Waals surface area contributed by atoms with Gasteiger partial charge in [0.25, 0.3) is 10.0 Å². The number of carbonyl (C=O) groups is 2. The van der Waals surface area contributed by atoms with Crippen LogP contribution in [0.5, 0.6) is 0 Å². The molecule has 3 rings (SSSR count). The van der Waals surface area contributed by atoms with Crippen LogP contribution in [0.25, 0.3) is 0 Å². The smallest absolute Gasteiger partial charge is 0.338 e. The molecule has 0 saturated carbocycles. The van der Waals surface area contributed by atoms with Gasteiger partial charge in [-0.2, -0.15) is 0 Å². The fourth-order valence-corrected chi connectivity index (χ4v) is 4.39. The number of sulfonamides is 1. The van der Waals surface area contributed by atoms with Gasteiger partial charge in [0.2, 0.25) is 0 Å². The van der Waals surface area contributed by atoms with E-state index in [9.17, 15) is 18.0 Å². The van der Waals surface area contributed by atoms with E-state index < -0.39 is 22.6 Å². The van der Waals surface area contributed by atoms with Crippen LogP contribution in [0.1, 0.15) is 43.0 Å². The van der Waals surface area contributed by atoms with Crippen molar-refractivity contribution >= 4 is 27.5 Å². The fourth-order valence-electron chi connectivity index (χ4n) is 3.06. The quantitative estimate of drug-likeness (QED) is 0.413. The topological polar surface area (TPSA) is 89.5 Å². The number of ketones is 1. The third-order valence-corrected chi connectivity index (χ3v) is 6.70. The number of Topliss-reactive ketones (excluding diaryl/α,β-unsaturated/α-hetero) is 1. The molecule has 0 spiro atoms. The molecule has 0 radical (unpaired) electrons. The minimum absolute atomic E-state index is 0.0342. The molecule has 0 aliphatic heterocycles. The van der Waals surface area contributed by atoms with Crippen LogP contribution in [-0.2, 0) is 14.8 Å². The maximum atomic E-state index is 12.9. The Morgan fingerprint density at radius 1 is 0.781 bits per heavy atom. The lowest BCUT2D eigenvalue weighted by Crippen LogP contribution is -2.17. The third kappa shape index (κ3) is 5.42. The average Bonchev–Trinajstić information content (AvgIpc) is 2.75. The summed E-state index contributed by atoms with van der Waals surface area (Å²) in [7, 11) is -3.92. The van der Waals surface area contributed by atoms with Gasteiger partial charge in [-0.1, -0.05) is 35.9 Å². The van der Waals surface area contributed by atoms with Crippen LogP contribution >= 0.6 is 0 Å². The largest absolute Gasteiger partial charge is 0.454 e. The van der Waals surface area contributed by atoms with Crippen LogP contribution in [-0.4, -0.2) is 26.8 Å². The Hall–Kier alpha value is -3.45. The van der Waals surface area contributed by atoms with E-state index >= 15 is 0 Å². The lowest BCUT2D eigenvalue weighted by molar-refractivity contribution is 0.0474. The Morgan fingerprint density at radius 2 is 1.41 bits per heavy atom. The summed E-state index contributed by atoms with van der Waals surface area (Å²) < 4.78 is 33.4. The predicted molar refractivity (Wildman–Crippen MR) is 124 cm³/mol. The number of anilines is 1. The molecule has 0 aliphatic carbocycles. The molecule has 32 heavy (non-hydrogen) atoms. The monoisotopic (exact) mass is 451 g/mol. The molecule has 0 aromatic heterocycles. The molecule has 7 heteroatoms. The van der Waals surface area contributed by atoms with Crippen molar-refractivity contribution in [2.24, 2.45) is 0 Å². The Labute approximate surface area is 188 Å². The minimum Gasteiger partial charge on any atom is -0.454 e. The zero-order chi connectivity index (χ0) is 23.5. The van der Waals surface area contributed by atoms with Crippen molar-refractivity contribution in [3.05, 3.63) is 94.0 Å². The second-order valence-corrected chi connectivity index (χ2v) is 9.40. The first kappa shape index (κ1) is 23.2. The van der Waals surface area contributed by atoms with Crippen LogP contribution in [0.4, 0.5) is 5.69 Å². The number of rotatable bonds is 7. The molecule has 0 bridgehead atoms. The van der Waals surface area contributed by atoms with E-state index in [4.69, 9.17) is 4.74 Å². The molecule has 0 fully saturated rings. The van der Waals surface area contributed by atoms with Gasteiger partial charge < -0.3 is 4.74 Å². The summed E-state index contributed by atoms with van der Waals surface area (Å²) in [5.41, 5.74) is 4.43. The van der Waals surface area contributed by atoms with Crippen molar-refractivity contribution in [2.45, 2.75) is 32.6 Å². The average molecular weight is 452 g/mol. The van der Waals surface area contributed by atoms with Gasteiger partial charge in [-0.3, -0.25) is 9.52 Å². The van der Waals surface area contributed by atoms with Crippen molar-refractivity contribution in [3.63, 3.8) is 0 Å². The van der Waals surface area contributed by atoms with Gasteiger partial charge in [0.05, 0.1) is 10.5 Å². The molecular weight excluding hydrogens is 426 g/mol. The second-order valence-electron chi connectivity index (χ2n) is 7.75. The molecule has 1 N–H and O–H groups in total. The first-order valence-corrected chi connectivity index (χ1v) is 11.5. The van der Waals surface area contributed by atoms with E-state index in [1.165, 1.54) is 18.2 Å². The van der Waals surface area contributed by atoms with Gasteiger partial charge in [-0.25, -0.2) is 13.2 Å². The Balaban J connectivity index is 1.75. The number of ether oxygens (including phenoxy) is 1. The second kappa shape index (κ2) is 9.36. The third-order valence-electron chi connectivity index (χ3n) is 5.18. The zero-order valence-corrected chi connectivity index (χ0v) is 19.2. The number of carbonyl (C=O) groups excluding carboxylic acids is 2. The van der Waals surface area contributed by atoms with E-state index in [2.05, 4.69) is 4.72 Å². The number of aryl methyl sites for hydroxylation is 4. The molecule has 6 nitrogen and oxygen atoms in total. The SMILES string of the molecule is Cc1ccc(NS(=O)(=O)c2cc(C(=O)OCC(=O)c3ccc(C)c(C)c3)ccc2C)cc1. The Bertz CT molecular complexity index is 1280. The number of benzene rings is 3. The van der Waals surface area contributed by atoms with Gasteiger partial charge in [-0.05, 0) is 74.7 Å². The first-order valence-electron chi connectivity index (χ1n) is 10.0. The lowest BCUT2D eigenvalue weighted by Gasteiger charge is -2.12. The summed E-state index contributed by atoms with van der Waals surface area (Å²) >= 11 is 0. The maximum Gasteiger partial charge on any atom is 0.338 e. The number of nitrogens with one attached hydrogen (secondary N) is 1. The van der Waals surface area contributed by atoms with E-state index in [1.54, 1.807) is 43.3 Å². The summed E-state index contributed by atoms with van der Waals surface area (Å²) in [6.07, 6.45) is 0. The number of hydrogen-bond acceptors (Lipinski definition) is 5. The summed E-state index contributed by atoms with van der Waals surface area (Å²) in [5, 5.41) is 0. The molecule has 0 amide bonds. The highest BCUT2D eigenvalue weighted by Crippen LogP contribution is 2.22. The summed E-state index contributed by atoms with van der Waals surface area (Å²) in [5.74, 6) is -1.10. The first-order chi connectivity index (χ1) is 15.1. The molecule has 0 unspecified atom stereocenters. The molecule has 0 saturated heterocycles. The van der Waals surface area contributed by atoms with Gasteiger partial charge >= 0.3 is 5.97 Å². The van der Waals surface area contributed by atoms with Crippen molar-refractivity contribution in [2.75, 3.05) is 11.3 Å². The van der Waals surface area contributed by atoms with Crippen molar-refractivity contribution < 1.29 is 22.7 Å². The van der Waals surface area contributed by atoms with E-state index in [0.717, 1.165) is 16.7 Å². The van der Waals surface area contributed by atoms with Crippen LogP contribution in [0, 0.1) is 27.7 Å². The molecule has 3 aromatic carbocycles.